The Labute approximate surface area is 138 Å². The lowest BCUT2D eigenvalue weighted by molar-refractivity contribution is 0.402. The molecular weight excluding hydrogens is 308 g/mol. The maximum Gasteiger partial charge on any atom is 0.273 e. The summed E-state index contributed by atoms with van der Waals surface area (Å²) in [5, 5.41) is 3.88. The van der Waals surface area contributed by atoms with Crippen LogP contribution in [0.15, 0.2) is 41.2 Å². The summed E-state index contributed by atoms with van der Waals surface area (Å²) in [5.41, 5.74) is -0.0722. The molecule has 0 atom stereocenters. The third kappa shape index (κ3) is 3.96. The largest absolute Gasteiger partial charge is 0.435 e. The first kappa shape index (κ1) is 15.3. The van der Waals surface area contributed by atoms with Crippen molar-refractivity contribution in [3.8, 4) is 11.8 Å². The molecule has 0 aromatic carbocycles. The van der Waals surface area contributed by atoms with Crippen LogP contribution in [-0.4, -0.2) is 15.0 Å². The second kappa shape index (κ2) is 6.23. The third-order valence-electron chi connectivity index (χ3n) is 2.94. The quantitative estimate of drug-likeness (QED) is 0.723. The molecule has 3 aromatic rings. The van der Waals surface area contributed by atoms with E-state index in [4.69, 9.17) is 4.42 Å². The van der Waals surface area contributed by atoms with Crippen molar-refractivity contribution in [1.29, 1.82) is 0 Å². The topological polar surface area (TPSA) is 63.8 Å². The standard InChI is InChI=1S/C17H16N4OS/c1-17(2,3)13-11-19-15(22-13)8-7-12-10-20-16(23-12)21-14-6-4-5-9-18-14/h4-6,9-11H,1-3H3,(H,18,20,21). The van der Waals surface area contributed by atoms with Crippen LogP contribution in [0.4, 0.5) is 10.9 Å². The van der Waals surface area contributed by atoms with E-state index in [2.05, 4.69) is 52.9 Å². The van der Waals surface area contributed by atoms with Gasteiger partial charge < -0.3 is 9.73 Å². The molecule has 5 nitrogen and oxygen atoms in total. The van der Waals surface area contributed by atoms with E-state index in [0.717, 1.165) is 21.6 Å². The van der Waals surface area contributed by atoms with E-state index in [1.54, 1.807) is 18.6 Å². The average Bonchev–Trinajstić information content (AvgIpc) is 3.15. The number of oxazole rings is 1. The van der Waals surface area contributed by atoms with Crippen LogP contribution in [0.3, 0.4) is 0 Å². The minimum Gasteiger partial charge on any atom is -0.435 e. The summed E-state index contributed by atoms with van der Waals surface area (Å²) >= 11 is 1.45. The van der Waals surface area contributed by atoms with E-state index in [-0.39, 0.29) is 5.41 Å². The van der Waals surface area contributed by atoms with Crippen molar-refractivity contribution in [1.82, 2.24) is 15.0 Å². The molecule has 0 aliphatic rings. The lowest BCUT2D eigenvalue weighted by atomic mass is 9.94. The number of hydrogen-bond acceptors (Lipinski definition) is 6. The van der Waals surface area contributed by atoms with Crippen molar-refractivity contribution in [2.75, 3.05) is 5.32 Å². The average molecular weight is 324 g/mol. The van der Waals surface area contributed by atoms with E-state index in [9.17, 15) is 0 Å². The van der Waals surface area contributed by atoms with Crippen LogP contribution < -0.4 is 5.32 Å². The number of rotatable bonds is 2. The van der Waals surface area contributed by atoms with Crippen molar-refractivity contribution in [2.45, 2.75) is 26.2 Å². The van der Waals surface area contributed by atoms with Gasteiger partial charge in [0.1, 0.15) is 11.6 Å². The molecule has 0 bridgehead atoms. The first-order chi connectivity index (χ1) is 11.0. The van der Waals surface area contributed by atoms with Gasteiger partial charge in [0, 0.05) is 11.6 Å². The lowest BCUT2D eigenvalue weighted by Gasteiger charge is -2.12. The SMILES string of the molecule is CC(C)(C)c1cnc(C#Cc2cnc(Nc3ccccn3)s2)o1. The minimum absolute atomic E-state index is 0.0722. The molecule has 0 fully saturated rings. The van der Waals surface area contributed by atoms with Crippen LogP contribution in [0.2, 0.25) is 0 Å². The Morgan fingerprint density at radius 2 is 1.96 bits per heavy atom. The van der Waals surface area contributed by atoms with E-state index in [0.29, 0.717) is 5.89 Å². The van der Waals surface area contributed by atoms with Crippen molar-refractivity contribution in [3.05, 3.63) is 53.3 Å². The number of pyridine rings is 1. The Hall–Kier alpha value is -2.65. The summed E-state index contributed by atoms with van der Waals surface area (Å²) in [7, 11) is 0. The van der Waals surface area contributed by atoms with E-state index in [1.165, 1.54) is 11.3 Å². The highest BCUT2D eigenvalue weighted by Crippen LogP contribution is 2.23. The molecular formula is C17H16N4OS. The number of anilines is 2. The fourth-order valence-corrected chi connectivity index (χ4v) is 2.41. The first-order valence-electron chi connectivity index (χ1n) is 7.13. The zero-order valence-electron chi connectivity index (χ0n) is 13.1. The molecule has 0 radical (unpaired) electrons. The molecule has 0 saturated carbocycles. The maximum absolute atomic E-state index is 5.65. The van der Waals surface area contributed by atoms with Gasteiger partial charge in [0.05, 0.1) is 17.3 Å². The Morgan fingerprint density at radius 3 is 2.65 bits per heavy atom. The molecule has 3 aromatic heterocycles. The fourth-order valence-electron chi connectivity index (χ4n) is 1.73. The summed E-state index contributed by atoms with van der Waals surface area (Å²) < 4.78 is 5.65. The van der Waals surface area contributed by atoms with Crippen molar-refractivity contribution in [3.63, 3.8) is 0 Å². The zero-order valence-corrected chi connectivity index (χ0v) is 13.9. The summed E-state index contributed by atoms with van der Waals surface area (Å²) in [4.78, 5) is 13.5. The molecule has 0 aliphatic carbocycles. The number of aromatic nitrogens is 3. The monoisotopic (exact) mass is 324 g/mol. The highest BCUT2D eigenvalue weighted by atomic mass is 32.1. The van der Waals surface area contributed by atoms with E-state index < -0.39 is 0 Å². The van der Waals surface area contributed by atoms with Gasteiger partial charge in [0.25, 0.3) is 5.89 Å². The molecule has 3 rings (SSSR count). The normalized spacial score (nSPS) is 10.9. The molecule has 116 valence electrons. The number of nitrogens with one attached hydrogen (secondary N) is 1. The van der Waals surface area contributed by atoms with Crippen LogP contribution in [0, 0.1) is 11.8 Å². The Morgan fingerprint density at radius 1 is 1.09 bits per heavy atom. The van der Waals surface area contributed by atoms with Crippen LogP contribution in [0.1, 0.15) is 37.3 Å². The van der Waals surface area contributed by atoms with Crippen LogP contribution >= 0.6 is 11.3 Å². The minimum atomic E-state index is -0.0722. The van der Waals surface area contributed by atoms with Gasteiger partial charge >= 0.3 is 0 Å². The third-order valence-corrected chi connectivity index (χ3v) is 3.77. The summed E-state index contributed by atoms with van der Waals surface area (Å²) in [6, 6.07) is 5.67. The van der Waals surface area contributed by atoms with E-state index >= 15 is 0 Å². The molecule has 0 spiro atoms. The molecule has 23 heavy (non-hydrogen) atoms. The predicted molar refractivity (Wildman–Crippen MR) is 90.8 cm³/mol. The predicted octanol–water partition coefficient (Wildman–Crippen LogP) is 3.97. The van der Waals surface area contributed by atoms with E-state index in [1.807, 2.05) is 18.2 Å². The summed E-state index contributed by atoms with van der Waals surface area (Å²) in [6.45, 7) is 6.22. The molecule has 6 heteroatoms. The van der Waals surface area contributed by atoms with Crippen LogP contribution in [0.25, 0.3) is 0 Å². The molecule has 0 aliphatic heterocycles. The van der Waals surface area contributed by atoms with Gasteiger partial charge in [-0.3, -0.25) is 0 Å². The lowest BCUT2D eigenvalue weighted by Crippen LogP contribution is -2.09. The molecule has 1 N–H and O–H groups in total. The van der Waals surface area contributed by atoms with Gasteiger partial charge in [0.15, 0.2) is 5.13 Å². The fraction of sp³-hybridized carbons (Fsp3) is 0.235. The smallest absolute Gasteiger partial charge is 0.273 e. The van der Waals surface area contributed by atoms with Gasteiger partial charge in [-0.1, -0.05) is 38.2 Å². The zero-order chi connectivity index (χ0) is 16.3. The Kier molecular flexibility index (Phi) is 4.13. The van der Waals surface area contributed by atoms with Crippen molar-refractivity contribution >= 4 is 22.3 Å². The molecule has 0 amide bonds. The summed E-state index contributed by atoms with van der Waals surface area (Å²) in [5.74, 6) is 7.95. The molecule has 3 heterocycles. The van der Waals surface area contributed by atoms with Gasteiger partial charge in [-0.15, -0.1) is 0 Å². The Balaban J connectivity index is 1.71. The molecule has 0 saturated heterocycles. The summed E-state index contributed by atoms with van der Waals surface area (Å²) in [6.07, 6.45) is 5.17. The van der Waals surface area contributed by atoms with Gasteiger partial charge in [-0.05, 0) is 24.0 Å². The van der Waals surface area contributed by atoms with Crippen LogP contribution in [-0.2, 0) is 5.41 Å². The van der Waals surface area contributed by atoms with Crippen molar-refractivity contribution in [2.24, 2.45) is 0 Å². The van der Waals surface area contributed by atoms with Crippen LogP contribution in [0.5, 0.6) is 0 Å². The first-order valence-corrected chi connectivity index (χ1v) is 7.94. The van der Waals surface area contributed by atoms with Gasteiger partial charge in [-0.25, -0.2) is 15.0 Å². The number of thiazole rings is 1. The van der Waals surface area contributed by atoms with Gasteiger partial charge in [-0.2, -0.15) is 0 Å². The second-order valence-electron chi connectivity index (χ2n) is 5.90. The molecule has 0 unspecified atom stereocenters. The van der Waals surface area contributed by atoms with Crippen molar-refractivity contribution < 1.29 is 4.42 Å². The number of hydrogen-bond donors (Lipinski definition) is 1. The highest BCUT2D eigenvalue weighted by molar-refractivity contribution is 7.16. The number of nitrogens with zero attached hydrogens (tertiary/aromatic N) is 3. The van der Waals surface area contributed by atoms with Gasteiger partial charge in [0.2, 0.25) is 0 Å². The highest BCUT2D eigenvalue weighted by Gasteiger charge is 2.18. The maximum atomic E-state index is 5.65. The Bertz CT molecular complexity index is 850. The second-order valence-corrected chi connectivity index (χ2v) is 6.93.